The average molecular weight is 398 g/mol. The van der Waals surface area contributed by atoms with Crippen LogP contribution in [0.2, 0.25) is 0 Å². The molecule has 8 heteroatoms. The van der Waals surface area contributed by atoms with Crippen LogP contribution in [0.4, 0.5) is 22.0 Å². The minimum atomic E-state index is -0.849. The van der Waals surface area contributed by atoms with Gasteiger partial charge in [-0.1, -0.05) is 12.1 Å². The molecule has 0 radical (unpaired) electrons. The van der Waals surface area contributed by atoms with Crippen LogP contribution in [0.15, 0.2) is 42.6 Å². The molecular formula is C21H26N4O4. The molecule has 1 fully saturated rings. The number of aromatic nitrogens is 1. The molecule has 1 aliphatic heterocycles. The van der Waals surface area contributed by atoms with E-state index in [1.54, 1.807) is 24.4 Å². The van der Waals surface area contributed by atoms with Gasteiger partial charge in [-0.3, -0.25) is 4.79 Å². The van der Waals surface area contributed by atoms with E-state index in [4.69, 9.17) is 9.84 Å². The molecule has 1 aromatic carbocycles. The smallest absolute Gasteiger partial charge is 0.323 e. The molecule has 154 valence electrons. The molecule has 0 saturated carbocycles. The van der Waals surface area contributed by atoms with Crippen molar-refractivity contribution < 1.29 is 19.4 Å². The highest BCUT2D eigenvalue weighted by molar-refractivity contribution is 5.99. The SMILES string of the molecule is CC1CN(c2ccc(NC(=O)Nc3cccc(CCC(=O)O)c3)cn2)CC(C)O1. The number of morpholine rings is 1. The lowest BCUT2D eigenvalue weighted by atomic mass is 10.1. The topological polar surface area (TPSA) is 104 Å². The molecule has 1 aliphatic rings. The number of carboxylic acid groups (broad SMARTS) is 1. The maximum Gasteiger partial charge on any atom is 0.323 e. The van der Waals surface area contributed by atoms with E-state index in [0.717, 1.165) is 24.5 Å². The van der Waals surface area contributed by atoms with Crippen LogP contribution >= 0.6 is 0 Å². The Labute approximate surface area is 169 Å². The number of carboxylic acids is 1. The predicted molar refractivity (Wildman–Crippen MR) is 111 cm³/mol. The number of carbonyl (C=O) groups is 2. The Bertz CT molecular complexity index is 846. The molecule has 8 nitrogen and oxygen atoms in total. The summed E-state index contributed by atoms with van der Waals surface area (Å²) in [6, 6.07) is 10.5. The summed E-state index contributed by atoms with van der Waals surface area (Å²) in [6.45, 7) is 5.64. The Balaban J connectivity index is 1.55. The summed E-state index contributed by atoms with van der Waals surface area (Å²) >= 11 is 0. The first kappa shape index (κ1) is 20.6. The Morgan fingerprint density at radius 2 is 1.86 bits per heavy atom. The van der Waals surface area contributed by atoms with E-state index in [0.29, 0.717) is 17.8 Å². The van der Waals surface area contributed by atoms with Gasteiger partial charge < -0.3 is 25.4 Å². The summed E-state index contributed by atoms with van der Waals surface area (Å²) in [4.78, 5) is 29.6. The highest BCUT2D eigenvalue weighted by atomic mass is 16.5. The quantitative estimate of drug-likeness (QED) is 0.689. The Hall–Kier alpha value is -3.13. The molecule has 3 N–H and O–H groups in total. The maximum atomic E-state index is 12.3. The van der Waals surface area contributed by atoms with Crippen molar-refractivity contribution in [1.82, 2.24) is 4.98 Å². The van der Waals surface area contributed by atoms with Crippen LogP contribution in [-0.2, 0) is 16.0 Å². The summed E-state index contributed by atoms with van der Waals surface area (Å²) in [7, 11) is 0. The van der Waals surface area contributed by atoms with Gasteiger partial charge in [-0.05, 0) is 50.1 Å². The number of rotatable bonds is 6. The van der Waals surface area contributed by atoms with Crippen LogP contribution in [0.3, 0.4) is 0 Å². The monoisotopic (exact) mass is 398 g/mol. The molecule has 2 atom stereocenters. The van der Waals surface area contributed by atoms with E-state index in [9.17, 15) is 9.59 Å². The zero-order chi connectivity index (χ0) is 20.8. The first-order chi connectivity index (χ1) is 13.9. The molecular weight excluding hydrogens is 372 g/mol. The van der Waals surface area contributed by atoms with E-state index in [1.807, 2.05) is 32.0 Å². The van der Waals surface area contributed by atoms with Crippen LogP contribution < -0.4 is 15.5 Å². The summed E-state index contributed by atoms with van der Waals surface area (Å²) in [5, 5.41) is 14.3. The van der Waals surface area contributed by atoms with Crippen molar-refractivity contribution in [2.24, 2.45) is 0 Å². The number of carbonyl (C=O) groups excluding carboxylic acids is 1. The molecule has 1 aromatic heterocycles. The number of amides is 2. The van der Waals surface area contributed by atoms with Crippen LogP contribution in [0.5, 0.6) is 0 Å². The fourth-order valence-corrected chi connectivity index (χ4v) is 3.36. The van der Waals surface area contributed by atoms with Gasteiger partial charge in [0.15, 0.2) is 0 Å². The van der Waals surface area contributed by atoms with Crippen LogP contribution in [0.1, 0.15) is 25.8 Å². The molecule has 2 amide bonds. The summed E-state index contributed by atoms with van der Waals surface area (Å²) in [5.41, 5.74) is 2.04. The van der Waals surface area contributed by atoms with Gasteiger partial charge in [-0.25, -0.2) is 9.78 Å². The third kappa shape index (κ3) is 6.18. The number of benzene rings is 1. The summed E-state index contributed by atoms with van der Waals surface area (Å²) in [6.07, 6.45) is 2.39. The lowest BCUT2D eigenvalue weighted by molar-refractivity contribution is -0.136. The van der Waals surface area contributed by atoms with Crippen molar-refractivity contribution in [3.8, 4) is 0 Å². The number of nitrogens with zero attached hydrogens (tertiary/aromatic N) is 2. The van der Waals surface area contributed by atoms with Crippen molar-refractivity contribution in [1.29, 1.82) is 0 Å². The van der Waals surface area contributed by atoms with Gasteiger partial charge in [0.05, 0.1) is 24.1 Å². The number of anilines is 3. The van der Waals surface area contributed by atoms with Crippen molar-refractivity contribution >= 4 is 29.2 Å². The number of aliphatic carboxylic acids is 1. The van der Waals surface area contributed by atoms with Gasteiger partial charge in [0.2, 0.25) is 0 Å². The van der Waals surface area contributed by atoms with Gasteiger partial charge >= 0.3 is 12.0 Å². The number of hydrogen-bond acceptors (Lipinski definition) is 5. The lowest BCUT2D eigenvalue weighted by Crippen LogP contribution is -2.45. The predicted octanol–water partition coefficient (Wildman–Crippen LogP) is 3.36. The van der Waals surface area contributed by atoms with Crippen molar-refractivity contribution in [3.05, 3.63) is 48.2 Å². The highest BCUT2D eigenvalue weighted by Crippen LogP contribution is 2.20. The van der Waals surface area contributed by atoms with Crippen LogP contribution in [0, 0.1) is 0 Å². The van der Waals surface area contributed by atoms with E-state index >= 15 is 0 Å². The second-order valence-electron chi connectivity index (χ2n) is 7.24. The van der Waals surface area contributed by atoms with Gasteiger partial charge in [0.25, 0.3) is 0 Å². The first-order valence-electron chi connectivity index (χ1n) is 9.64. The summed E-state index contributed by atoms with van der Waals surface area (Å²) < 4.78 is 5.74. The average Bonchev–Trinajstić information content (AvgIpc) is 2.66. The number of urea groups is 1. The van der Waals surface area contributed by atoms with E-state index in [1.165, 1.54) is 0 Å². The standard InChI is InChI=1S/C21H26N4O4/c1-14-12-25(13-15(2)29-14)19-8-7-18(11-22-19)24-21(28)23-17-5-3-4-16(10-17)6-9-20(26)27/h3-5,7-8,10-11,14-15H,6,9,12-13H2,1-2H3,(H,26,27)(H2,23,24,28). The van der Waals surface area contributed by atoms with Gasteiger partial charge in [0, 0.05) is 25.2 Å². The molecule has 0 bridgehead atoms. The molecule has 0 spiro atoms. The van der Waals surface area contributed by atoms with E-state index in [-0.39, 0.29) is 24.7 Å². The number of aryl methyl sites for hydroxylation is 1. The lowest BCUT2D eigenvalue weighted by Gasteiger charge is -2.36. The zero-order valence-electron chi connectivity index (χ0n) is 16.6. The Kier molecular flexibility index (Phi) is 6.66. The fourth-order valence-electron chi connectivity index (χ4n) is 3.36. The molecule has 2 aromatic rings. The fraction of sp³-hybridized carbons (Fsp3) is 0.381. The second kappa shape index (κ2) is 9.38. The molecule has 1 saturated heterocycles. The normalized spacial score (nSPS) is 18.9. The van der Waals surface area contributed by atoms with Gasteiger partial charge in [0.1, 0.15) is 5.82 Å². The van der Waals surface area contributed by atoms with E-state index < -0.39 is 5.97 Å². The second-order valence-corrected chi connectivity index (χ2v) is 7.24. The highest BCUT2D eigenvalue weighted by Gasteiger charge is 2.23. The molecule has 0 aliphatic carbocycles. The van der Waals surface area contributed by atoms with Gasteiger partial charge in [-0.2, -0.15) is 0 Å². The maximum absolute atomic E-state index is 12.3. The number of ether oxygens (including phenoxy) is 1. The number of pyridine rings is 1. The minimum Gasteiger partial charge on any atom is -0.481 e. The number of hydrogen-bond donors (Lipinski definition) is 3. The Morgan fingerprint density at radius 1 is 1.14 bits per heavy atom. The molecule has 2 unspecified atom stereocenters. The van der Waals surface area contributed by atoms with Crippen molar-refractivity contribution in [2.75, 3.05) is 28.6 Å². The Morgan fingerprint density at radius 3 is 2.52 bits per heavy atom. The number of nitrogens with one attached hydrogen (secondary N) is 2. The van der Waals surface area contributed by atoms with Crippen LogP contribution in [-0.4, -0.2) is 47.4 Å². The van der Waals surface area contributed by atoms with E-state index in [2.05, 4.69) is 20.5 Å². The van der Waals surface area contributed by atoms with Crippen molar-refractivity contribution in [2.45, 2.75) is 38.9 Å². The molecule has 3 rings (SSSR count). The largest absolute Gasteiger partial charge is 0.481 e. The van der Waals surface area contributed by atoms with Crippen LogP contribution in [0.25, 0.3) is 0 Å². The molecule has 2 heterocycles. The van der Waals surface area contributed by atoms with Gasteiger partial charge in [-0.15, -0.1) is 0 Å². The molecule has 29 heavy (non-hydrogen) atoms. The van der Waals surface area contributed by atoms with Crippen molar-refractivity contribution in [3.63, 3.8) is 0 Å². The first-order valence-corrected chi connectivity index (χ1v) is 9.64. The zero-order valence-corrected chi connectivity index (χ0v) is 16.6. The third-order valence-electron chi connectivity index (χ3n) is 4.56. The summed E-state index contributed by atoms with van der Waals surface area (Å²) in [5.74, 6) is 0.00198. The minimum absolute atomic E-state index is 0.0500. The third-order valence-corrected chi connectivity index (χ3v) is 4.56.